The fourth-order valence-corrected chi connectivity index (χ4v) is 3.40. The Balaban J connectivity index is 1.24. The van der Waals surface area contributed by atoms with Crippen molar-refractivity contribution >= 4 is 0 Å². The second-order valence-corrected chi connectivity index (χ2v) is 7.67. The van der Waals surface area contributed by atoms with E-state index >= 15 is 0 Å². The molecule has 0 saturated carbocycles. The van der Waals surface area contributed by atoms with Gasteiger partial charge < -0.3 is 4.74 Å². The third-order valence-electron chi connectivity index (χ3n) is 5.25. The van der Waals surface area contributed by atoms with Crippen LogP contribution in [0.25, 0.3) is 11.1 Å². The van der Waals surface area contributed by atoms with Crippen molar-refractivity contribution in [1.29, 1.82) is 0 Å². The fourth-order valence-electron chi connectivity index (χ4n) is 3.40. The molecule has 0 bridgehead atoms. The molecule has 4 aromatic rings. The van der Waals surface area contributed by atoms with E-state index in [1.54, 1.807) is 12.4 Å². The summed E-state index contributed by atoms with van der Waals surface area (Å²) in [5.74, 6) is 0.759. The zero-order valence-electron chi connectivity index (χ0n) is 17.9. The molecular formula is C25H23F3N4O. The van der Waals surface area contributed by atoms with E-state index in [-0.39, 0.29) is 0 Å². The first-order chi connectivity index (χ1) is 16.0. The second-order valence-electron chi connectivity index (χ2n) is 7.67. The molecule has 4 rings (SSSR count). The minimum Gasteiger partial charge on any atom is -0.487 e. The first-order valence-electron chi connectivity index (χ1n) is 10.7. The van der Waals surface area contributed by atoms with Crippen molar-refractivity contribution in [2.75, 3.05) is 0 Å². The Labute approximate surface area is 189 Å². The monoisotopic (exact) mass is 452 g/mol. The molecule has 0 atom stereocenters. The zero-order chi connectivity index (χ0) is 23.1. The average molecular weight is 452 g/mol. The van der Waals surface area contributed by atoms with Gasteiger partial charge in [0.15, 0.2) is 0 Å². The van der Waals surface area contributed by atoms with Crippen LogP contribution >= 0.6 is 0 Å². The molecule has 0 unspecified atom stereocenters. The van der Waals surface area contributed by atoms with Gasteiger partial charge in [-0.25, -0.2) is 0 Å². The number of ether oxygens (including phenoxy) is 1. The van der Waals surface area contributed by atoms with Crippen molar-refractivity contribution in [3.63, 3.8) is 0 Å². The Kier molecular flexibility index (Phi) is 7.02. The largest absolute Gasteiger partial charge is 0.487 e. The molecular weight excluding hydrogens is 429 g/mol. The normalized spacial score (nSPS) is 11.5. The van der Waals surface area contributed by atoms with Crippen LogP contribution < -0.4 is 4.74 Å². The van der Waals surface area contributed by atoms with Gasteiger partial charge in [0.1, 0.15) is 12.4 Å². The van der Waals surface area contributed by atoms with Crippen molar-refractivity contribution in [3.8, 4) is 16.9 Å². The van der Waals surface area contributed by atoms with Crippen LogP contribution in [-0.2, 0) is 25.7 Å². The van der Waals surface area contributed by atoms with Crippen molar-refractivity contribution < 1.29 is 17.9 Å². The summed E-state index contributed by atoms with van der Waals surface area (Å²) in [5, 5.41) is 7.75. The average Bonchev–Trinajstić information content (AvgIpc) is 3.35. The number of rotatable bonds is 9. The van der Waals surface area contributed by atoms with Crippen LogP contribution in [0, 0.1) is 0 Å². The molecule has 5 nitrogen and oxygen atoms in total. The molecule has 2 heterocycles. The molecule has 2 aromatic heterocycles. The molecule has 0 spiro atoms. The van der Waals surface area contributed by atoms with E-state index in [1.165, 1.54) is 17.7 Å². The first kappa shape index (κ1) is 22.5. The second kappa shape index (κ2) is 10.3. The predicted molar refractivity (Wildman–Crippen MR) is 118 cm³/mol. The lowest BCUT2D eigenvalue weighted by Gasteiger charge is -2.09. The van der Waals surface area contributed by atoms with Crippen molar-refractivity contribution in [2.24, 2.45) is 0 Å². The number of alkyl halides is 3. The SMILES string of the molecule is FC(F)(F)c1ccc(-c2ccc(COc3ccc(CCCCn4ccnn4)cc3)nc2)cc1. The fraction of sp³-hybridized carbons (Fsp3) is 0.240. The highest BCUT2D eigenvalue weighted by Crippen LogP contribution is 2.30. The topological polar surface area (TPSA) is 52.8 Å². The number of hydrogen-bond donors (Lipinski definition) is 0. The maximum absolute atomic E-state index is 12.7. The molecule has 0 aliphatic heterocycles. The van der Waals surface area contributed by atoms with E-state index in [4.69, 9.17) is 4.74 Å². The van der Waals surface area contributed by atoms with E-state index in [1.807, 2.05) is 35.1 Å². The Morgan fingerprint density at radius 2 is 1.61 bits per heavy atom. The third kappa shape index (κ3) is 6.41. The van der Waals surface area contributed by atoms with Gasteiger partial charge in [-0.15, -0.1) is 5.10 Å². The summed E-state index contributed by atoms with van der Waals surface area (Å²) in [6, 6.07) is 16.7. The van der Waals surface area contributed by atoms with Gasteiger partial charge in [-0.2, -0.15) is 13.2 Å². The lowest BCUT2D eigenvalue weighted by Crippen LogP contribution is -2.04. The van der Waals surface area contributed by atoms with Crippen molar-refractivity contribution in [2.45, 2.75) is 38.6 Å². The highest BCUT2D eigenvalue weighted by atomic mass is 19.4. The van der Waals surface area contributed by atoms with Crippen LogP contribution in [0.1, 0.15) is 29.7 Å². The molecule has 0 radical (unpaired) electrons. The zero-order valence-corrected chi connectivity index (χ0v) is 17.9. The molecule has 0 fully saturated rings. The maximum atomic E-state index is 12.7. The summed E-state index contributed by atoms with van der Waals surface area (Å²) >= 11 is 0. The highest BCUT2D eigenvalue weighted by molar-refractivity contribution is 5.62. The molecule has 0 N–H and O–H groups in total. The lowest BCUT2D eigenvalue weighted by molar-refractivity contribution is -0.137. The van der Waals surface area contributed by atoms with E-state index in [0.717, 1.165) is 54.9 Å². The molecule has 2 aromatic carbocycles. The predicted octanol–water partition coefficient (Wildman–Crippen LogP) is 5.96. The van der Waals surface area contributed by atoms with Gasteiger partial charge in [0, 0.05) is 24.5 Å². The number of nitrogens with zero attached hydrogens (tertiary/aromatic N) is 4. The molecule has 0 amide bonds. The van der Waals surface area contributed by atoms with Gasteiger partial charge in [0.25, 0.3) is 0 Å². The molecule has 170 valence electrons. The van der Waals surface area contributed by atoms with Crippen LogP contribution in [0.3, 0.4) is 0 Å². The number of aromatic nitrogens is 4. The minimum absolute atomic E-state index is 0.310. The number of benzene rings is 2. The number of hydrogen-bond acceptors (Lipinski definition) is 4. The van der Waals surface area contributed by atoms with Crippen molar-refractivity contribution in [3.05, 3.63) is 96.1 Å². The van der Waals surface area contributed by atoms with Gasteiger partial charge >= 0.3 is 6.18 Å². The van der Waals surface area contributed by atoms with Gasteiger partial charge in [0.05, 0.1) is 17.5 Å². The van der Waals surface area contributed by atoms with Gasteiger partial charge in [-0.05, 0) is 60.7 Å². The minimum atomic E-state index is -4.34. The summed E-state index contributed by atoms with van der Waals surface area (Å²) in [7, 11) is 0. The molecule has 33 heavy (non-hydrogen) atoms. The highest BCUT2D eigenvalue weighted by Gasteiger charge is 2.29. The Morgan fingerprint density at radius 1 is 0.848 bits per heavy atom. The summed E-state index contributed by atoms with van der Waals surface area (Å²) < 4.78 is 45.8. The van der Waals surface area contributed by atoms with Crippen LogP contribution in [0.4, 0.5) is 13.2 Å². The Hall–Kier alpha value is -3.68. The van der Waals surface area contributed by atoms with Crippen LogP contribution in [0.15, 0.2) is 79.3 Å². The van der Waals surface area contributed by atoms with Gasteiger partial charge in [-0.3, -0.25) is 9.67 Å². The standard InChI is InChI=1S/C25H23F3N4O/c26-25(27,28)22-9-6-20(7-10-22)21-8-11-23(29-17-21)18-33-24-12-4-19(5-13-24)3-1-2-15-32-16-14-30-31-32/h4-14,16-17H,1-3,15,18H2. The number of halogens is 3. The van der Waals surface area contributed by atoms with Gasteiger partial charge in [-0.1, -0.05) is 35.5 Å². The molecule has 8 heteroatoms. The molecule has 0 aliphatic carbocycles. The Morgan fingerprint density at radius 3 is 2.24 bits per heavy atom. The van der Waals surface area contributed by atoms with Gasteiger partial charge in [0.2, 0.25) is 0 Å². The smallest absolute Gasteiger partial charge is 0.416 e. The number of aryl methyl sites for hydroxylation is 2. The number of unbranched alkanes of at least 4 members (excludes halogenated alkanes) is 1. The maximum Gasteiger partial charge on any atom is 0.416 e. The van der Waals surface area contributed by atoms with Crippen LogP contribution in [0.5, 0.6) is 5.75 Å². The van der Waals surface area contributed by atoms with E-state index in [9.17, 15) is 13.2 Å². The third-order valence-corrected chi connectivity index (χ3v) is 5.25. The van der Waals surface area contributed by atoms with E-state index in [0.29, 0.717) is 12.2 Å². The van der Waals surface area contributed by atoms with Crippen LogP contribution in [0.2, 0.25) is 0 Å². The lowest BCUT2D eigenvalue weighted by atomic mass is 10.1. The summed E-state index contributed by atoms with van der Waals surface area (Å²) in [5.41, 5.74) is 2.75. The summed E-state index contributed by atoms with van der Waals surface area (Å²) in [6.07, 6.45) is 3.94. The van der Waals surface area contributed by atoms with Crippen LogP contribution in [-0.4, -0.2) is 20.0 Å². The Bertz CT molecular complexity index is 1120. The van der Waals surface area contributed by atoms with Crippen molar-refractivity contribution in [1.82, 2.24) is 20.0 Å². The molecule has 0 saturated heterocycles. The summed E-state index contributed by atoms with van der Waals surface area (Å²) in [6.45, 7) is 1.18. The van der Waals surface area contributed by atoms with E-state index < -0.39 is 11.7 Å². The molecule has 0 aliphatic rings. The first-order valence-corrected chi connectivity index (χ1v) is 10.7. The van der Waals surface area contributed by atoms with E-state index in [2.05, 4.69) is 27.4 Å². The number of pyridine rings is 1. The quantitative estimate of drug-likeness (QED) is 0.294. The summed E-state index contributed by atoms with van der Waals surface area (Å²) in [4.78, 5) is 4.37.